The minimum atomic E-state index is -0.119. The van der Waals surface area contributed by atoms with Gasteiger partial charge in [-0.05, 0) is 14.0 Å². The summed E-state index contributed by atoms with van der Waals surface area (Å²) in [5.74, 6) is 0.342. The summed E-state index contributed by atoms with van der Waals surface area (Å²) in [5, 5.41) is 5.63. The summed E-state index contributed by atoms with van der Waals surface area (Å²) in [5.41, 5.74) is 0. The van der Waals surface area contributed by atoms with Crippen LogP contribution in [0.4, 0.5) is 5.82 Å². The molecular weight excluding hydrogens is 262 g/mol. The third kappa shape index (κ3) is 3.80. The number of amides is 1. The van der Waals surface area contributed by atoms with E-state index in [4.69, 9.17) is 0 Å². The van der Waals surface area contributed by atoms with Gasteiger partial charge in [0.05, 0.1) is 18.8 Å². The second kappa shape index (κ2) is 6.35. The van der Waals surface area contributed by atoms with Crippen molar-refractivity contribution in [1.29, 1.82) is 0 Å². The maximum absolute atomic E-state index is 11.9. The van der Waals surface area contributed by atoms with E-state index in [1.165, 1.54) is 12.4 Å². The lowest BCUT2D eigenvalue weighted by Crippen LogP contribution is -2.32. The van der Waals surface area contributed by atoms with E-state index in [2.05, 4.69) is 20.3 Å². The van der Waals surface area contributed by atoms with E-state index in [-0.39, 0.29) is 18.5 Å². The number of nitrogens with zero attached hydrogens (tertiary/aromatic N) is 4. The molecule has 0 saturated heterocycles. The summed E-state index contributed by atoms with van der Waals surface area (Å²) in [7, 11) is 1.89. The molecule has 0 bridgehead atoms. The van der Waals surface area contributed by atoms with Crippen LogP contribution in [-0.2, 0) is 4.79 Å². The molecule has 6 nitrogen and oxygen atoms in total. The molecule has 1 N–H and O–H groups in total. The van der Waals surface area contributed by atoms with Gasteiger partial charge in [-0.1, -0.05) is 0 Å². The highest BCUT2D eigenvalue weighted by Gasteiger charge is 2.16. The van der Waals surface area contributed by atoms with Crippen LogP contribution in [0.15, 0.2) is 30.2 Å². The Morgan fingerprint density at radius 1 is 1.42 bits per heavy atom. The van der Waals surface area contributed by atoms with E-state index < -0.39 is 0 Å². The maximum Gasteiger partial charge on any atom is 0.239 e. The van der Waals surface area contributed by atoms with Crippen molar-refractivity contribution < 1.29 is 4.79 Å². The Morgan fingerprint density at radius 3 is 2.89 bits per heavy atom. The van der Waals surface area contributed by atoms with Crippen LogP contribution >= 0.6 is 11.3 Å². The number of thiazole rings is 1. The SMILES string of the molecule is CC(c1nccs1)N(C)CC(=O)Nc1cnccn1. The highest BCUT2D eigenvalue weighted by atomic mass is 32.1. The lowest BCUT2D eigenvalue weighted by Gasteiger charge is -2.21. The Balaban J connectivity index is 1.88. The van der Waals surface area contributed by atoms with Crippen LogP contribution in [0.1, 0.15) is 18.0 Å². The molecule has 2 rings (SSSR count). The number of aromatic nitrogens is 3. The van der Waals surface area contributed by atoms with Crippen molar-refractivity contribution in [3.63, 3.8) is 0 Å². The molecule has 2 heterocycles. The molecule has 0 spiro atoms. The van der Waals surface area contributed by atoms with Crippen LogP contribution in [0.5, 0.6) is 0 Å². The average Bonchev–Trinajstić information content (AvgIpc) is 2.92. The van der Waals surface area contributed by atoms with Crippen molar-refractivity contribution in [3.8, 4) is 0 Å². The van der Waals surface area contributed by atoms with Gasteiger partial charge in [0, 0.05) is 24.0 Å². The second-order valence-electron chi connectivity index (χ2n) is 4.10. The maximum atomic E-state index is 11.9. The minimum absolute atomic E-state index is 0.104. The highest BCUT2D eigenvalue weighted by molar-refractivity contribution is 7.09. The van der Waals surface area contributed by atoms with Gasteiger partial charge in [-0.25, -0.2) is 9.97 Å². The number of hydrogen-bond acceptors (Lipinski definition) is 6. The number of anilines is 1. The van der Waals surface area contributed by atoms with Gasteiger partial charge in [0.2, 0.25) is 5.91 Å². The molecule has 1 atom stereocenters. The van der Waals surface area contributed by atoms with Gasteiger partial charge >= 0.3 is 0 Å². The Bertz CT molecular complexity index is 516. The van der Waals surface area contributed by atoms with Crippen LogP contribution in [0.25, 0.3) is 0 Å². The average molecular weight is 277 g/mol. The van der Waals surface area contributed by atoms with Crippen LogP contribution in [0, 0.1) is 0 Å². The molecule has 0 saturated carbocycles. The van der Waals surface area contributed by atoms with E-state index in [0.29, 0.717) is 5.82 Å². The summed E-state index contributed by atoms with van der Waals surface area (Å²) in [4.78, 5) is 25.9. The van der Waals surface area contributed by atoms with Crippen LogP contribution in [-0.4, -0.2) is 39.4 Å². The number of hydrogen-bond donors (Lipinski definition) is 1. The fraction of sp³-hybridized carbons (Fsp3) is 0.333. The van der Waals surface area contributed by atoms with Gasteiger partial charge in [0.1, 0.15) is 5.01 Å². The number of likely N-dealkylation sites (N-methyl/N-ethyl adjacent to an activating group) is 1. The van der Waals surface area contributed by atoms with Crippen molar-refractivity contribution in [3.05, 3.63) is 35.2 Å². The van der Waals surface area contributed by atoms with E-state index in [0.717, 1.165) is 5.01 Å². The smallest absolute Gasteiger partial charge is 0.239 e. The summed E-state index contributed by atoms with van der Waals surface area (Å²) in [6.45, 7) is 2.30. The molecule has 100 valence electrons. The molecule has 2 aromatic heterocycles. The van der Waals surface area contributed by atoms with Crippen molar-refractivity contribution in [2.45, 2.75) is 13.0 Å². The van der Waals surface area contributed by atoms with E-state index in [1.54, 1.807) is 23.7 Å². The third-order valence-electron chi connectivity index (χ3n) is 2.69. The Labute approximate surface area is 115 Å². The van der Waals surface area contributed by atoms with E-state index >= 15 is 0 Å². The normalized spacial score (nSPS) is 12.4. The predicted molar refractivity (Wildman–Crippen MR) is 73.8 cm³/mol. The first-order chi connectivity index (χ1) is 9.16. The first-order valence-corrected chi connectivity index (χ1v) is 6.70. The van der Waals surface area contributed by atoms with Gasteiger partial charge in [0.25, 0.3) is 0 Å². The fourth-order valence-corrected chi connectivity index (χ4v) is 2.30. The number of carbonyl (C=O) groups excluding carboxylic acids is 1. The lowest BCUT2D eigenvalue weighted by molar-refractivity contribution is -0.117. The van der Waals surface area contributed by atoms with Gasteiger partial charge in [-0.15, -0.1) is 11.3 Å². The molecule has 0 aromatic carbocycles. The number of rotatable bonds is 5. The summed E-state index contributed by atoms with van der Waals surface area (Å²) < 4.78 is 0. The number of nitrogens with one attached hydrogen (secondary N) is 1. The molecule has 0 fully saturated rings. The molecule has 1 amide bonds. The summed E-state index contributed by atoms with van der Waals surface area (Å²) in [6.07, 6.45) is 6.38. The summed E-state index contributed by atoms with van der Waals surface area (Å²) in [6, 6.07) is 0.104. The zero-order chi connectivity index (χ0) is 13.7. The third-order valence-corrected chi connectivity index (χ3v) is 3.64. The molecule has 0 aliphatic carbocycles. The monoisotopic (exact) mass is 277 g/mol. The Hall–Kier alpha value is -1.86. The molecule has 1 unspecified atom stereocenters. The molecular formula is C12H15N5OS. The second-order valence-corrected chi connectivity index (χ2v) is 5.03. The standard InChI is InChI=1S/C12H15N5OS/c1-9(12-15-5-6-19-12)17(2)8-11(18)16-10-7-13-3-4-14-10/h3-7,9H,8H2,1-2H3,(H,14,16,18). The lowest BCUT2D eigenvalue weighted by atomic mass is 10.3. The predicted octanol–water partition coefficient (Wildman–Crippen LogP) is 1.56. The van der Waals surface area contributed by atoms with Crippen molar-refractivity contribution >= 4 is 23.1 Å². The van der Waals surface area contributed by atoms with Crippen LogP contribution in [0.3, 0.4) is 0 Å². The van der Waals surface area contributed by atoms with Gasteiger partial charge in [-0.2, -0.15) is 0 Å². The zero-order valence-electron chi connectivity index (χ0n) is 10.8. The van der Waals surface area contributed by atoms with Crippen LogP contribution in [0.2, 0.25) is 0 Å². The Kier molecular flexibility index (Phi) is 4.53. The topological polar surface area (TPSA) is 71.0 Å². The van der Waals surface area contributed by atoms with Gasteiger partial charge in [-0.3, -0.25) is 14.7 Å². The van der Waals surface area contributed by atoms with E-state index in [1.807, 2.05) is 24.3 Å². The van der Waals surface area contributed by atoms with Gasteiger partial charge < -0.3 is 5.32 Å². The fourth-order valence-electron chi connectivity index (χ4n) is 1.54. The van der Waals surface area contributed by atoms with Gasteiger partial charge in [0.15, 0.2) is 5.82 Å². The summed E-state index contributed by atoms with van der Waals surface area (Å²) >= 11 is 1.58. The zero-order valence-corrected chi connectivity index (χ0v) is 11.6. The number of carbonyl (C=O) groups is 1. The molecule has 19 heavy (non-hydrogen) atoms. The first kappa shape index (κ1) is 13.6. The van der Waals surface area contributed by atoms with Crippen molar-refractivity contribution in [1.82, 2.24) is 19.9 Å². The quantitative estimate of drug-likeness (QED) is 0.898. The molecule has 0 aliphatic heterocycles. The molecule has 0 aliphatic rings. The molecule has 2 aromatic rings. The molecule has 0 radical (unpaired) electrons. The van der Waals surface area contributed by atoms with Crippen molar-refractivity contribution in [2.75, 3.05) is 18.9 Å². The van der Waals surface area contributed by atoms with E-state index in [9.17, 15) is 4.79 Å². The highest BCUT2D eigenvalue weighted by Crippen LogP contribution is 2.20. The minimum Gasteiger partial charge on any atom is -0.308 e. The van der Waals surface area contributed by atoms with Crippen LogP contribution < -0.4 is 5.32 Å². The molecule has 7 heteroatoms. The Morgan fingerprint density at radius 2 is 2.26 bits per heavy atom. The largest absolute Gasteiger partial charge is 0.308 e. The first-order valence-electron chi connectivity index (χ1n) is 5.82. The van der Waals surface area contributed by atoms with Crippen molar-refractivity contribution in [2.24, 2.45) is 0 Å².